The van der Waals surface area contributed by atoms with E-state index in [1.807, 2.05) is 0 Å². The van der Waals surface area contributed by atoms with Crippen molar-refractivity contribution in [3.8, 4) is 17.0 Å². The smallest absolute Gasteiger partial charge is 0.310 e. The summed E-state index contributed by atoms with van der Waals surface area (Å²) in [5.74, 6) is 0.842. The van der Waals surface area contributed by atoms with Crippen LogP contribution in [0.15, 0.2) is 18.2 Å². The van der Waals surface area contributed by atoms with Gasteiger partial charge in [-0.2, -0.15) is 0 Å². The molecule has 1 spiro atoms. The number of aliphatic hydroxyl groups excluding tert-OH is 1. The fraction of sp³-hybridized carbons (Fsp3) is 0.667. The minimum absolute atomic E-state index is 0.0599. The molecule has 6 heteroatoms. The van der Waals surface area contributed by atoms with Crippen LogP contribution in [0.5, 0.6) is 5.75 Å². The lowest BCUT2D eigenvalue weighted by atomic mass is 9.79. The molecule has 1 aliphatic heterocycles. The number of fused-ring (bicyclic) bond motifs is 2. The standard InChI is InChI=1S/C33H48N2O4/c1-21-24(29(36)34-20-32(5,6)30(37)38)18-27(35(21)19-22-10-8-7-9-11-22)23-16-25(31(2,3)4)28-26(17-23)33(12-13-33)14-15-39-28/h16-18,22,29,34,36H,7-15,19-20H2,1-6H3,(H,37,38). The van der Waals surface area contributed by atoms with Gasteiger partial charge in [0, 0.05) is 46.6 Å². The lowest BCUT2D eigenvalue weighted by Crippen LogP contribution is -2.37. The van der Waals surface area contributed by atoms with Crippen molar-refractivity contribution in [2.24, 2.45) is 11.3 Å². The van der Waals surface area contributed by atoms with Gasteiger partial charge in [-0.1, -0.05) is 40.0 Å². The Hall–Kier alpha value is -2.31. The average Bonchev–Trinajstić information content (AvgIpc) is 3.58. The monoisotopic (exact) mass is 536 g/mol. The van der Waals surface area contributed by atoms with Crippen molar-refractivity contribution in [1.82, 2.24) is 9.88 Å². The van der Waals surface area contributed by atoms with Gasteiger partial charge >= 0.3 is 5.97 Å². The molecule has 214 valence electrons. The van der Waals surface area contributed by atoms with E-state index in [2.05, 4.69) is 55.8 Å². The number of rotatable bonds is 8. The summed E-state index contributed by atoms with van der Waals surface area (Å²) in [6, 6.07) is 6.84. The Morgan fingerprint density at radius 2 is 1.79 bits per heavy atom. The molecule has 0 saturated heterocycles. The summed E-state index contributed by atoms with van der Waals surface area (Å²) in [4.78, 5) is 11.7. The lowest BCUT2D eigenvalue weighted by Gasteiger charge is -2.33. The van der Waals surface area contributed by atoms with Crippen molar-refractivity contribution in [1.29, 1.82) is 0 Å². The summed E-state index contributed by atoms with van der Waals surface area (Å²) < 4.78 is 8.77. The number of carboxylic acid groups (broad SMARTS) is 1. The number of carbonyl (C=O) groups is 1. The molecule has 3 N–H and O–H groups in total. The molecular formula is C33H48N2O4. The third-order valence-corrected chi connectivity index (χ3v) is 9.63. The second kappa shape index (κ2) is 10.3. The summed E-state index contributed by atoms with van der Waals surface area (Å²) in [5, 5.41) is 23.9. The first-order chi connectivity index (χ1) is 18.3. The van der Waals surface area contributed by atoms with E-state index in [0.29, 0.717) is 5.92 Å². The number of aliphatic hydroxyl groups is 1. The molecule has 2 fully saturated rings. The van der Waals surface area contributed by atoms with Gasteiger partial charge in [0.15, 0.2) is 0 Å². The van der Waals surface area contributed by atoms with E-state index in [9.17, 15) is 15.0 Å². The van der Waals surface area contributed by atoms with Gasteiger partial charge in [-0.3, -0.25) is 10.1 Å². The van der Waals surface area contributed by atoms with Crippen molar-refractivity contribution in [3.63, 3.8) is 0 Å². The molecule has 0 amide bonds. The zero-order chi connectivity index (χ0) is 28.2. The molecule has 6 nitrogen and oxygen atoms in total. The molecule has 2 saturated carbocycles. The predicted molar refractivity (Wildman–Crippen MR) is 155 cm³/mol. The fourth-order valence-corrected chi connectivity index (χ4v) is 6.62. The van der Waals surface area contributed by atoms with Gasteiger partial charge < -0.3 is 19.5 Å². The molecule has 1 aromatic heterocycles. The van der Waals surface area contributed by atoms with Gasteiger partial charge in [0.1, 0.15) is 12.0 Å². The highest BCUT2D eigenvalue weighted by molar-refractivity contribution is 5.74. The van der Waals surface area contributed by atoms with Crippen LogP contribution in [0.1, 0.15) is 115 Å². The molecule has 1 atom stereocenters. The molecule has 5 rings (SSSR count). The maximum atomic E-state index is 11.7. The van der Waals surface area contributed by atoms with Crippen LogP contribution in [0.2, 0.25) is 0 Å². The van der Waals surface area contributed by atoms with Gasteiger partial charge in [0.25, 0.3) is 0 Å². The minimum atomic E-state index is -0.971. The normalized spacial score (nSPS) is 20.0. The van der Waals surface area contributed by atoms with E-state index < -0.39 is 17.6 Å². The van der Waals surface area contributed by atoms with Crippen LogP contribution in [0.4, 0.5) is 0 Å². The number of nitrogens with zero attached hydrogens (tertiary/aromatic N) is 1. The van der Waals surface area contributed by atoms with Gasteiger partial charge in [-0.15, -0.1) is 0 Å². The number of hydrogen-bond acceptors (Lipinski definition) is 4. The lowest BCUT2D eigenvalue weighted by molar-refractivity contribution is -0.146. The maximum Gasteiger partial charge on any atom is 0.310 e. The number of ether oxygens (including phenoxy) is 1. The topological polar surface area (TPSA) is 83.7 Å². The fourth-order valence-electron chi connectivity index (χ4n) is 6.62. The summed E-state index contributed by atoms with van der Waals surface area (Å²) >= 11 is 0. The first-order valence-corrected chi connectivity index (χ1v) is 15.0. The van der Waals surface area contributed by atoms with E-state index in [1.54, 1.807) is 13.8 Å². The van der Waals surface area contributed by atoms with Crippen LogP contribution in [0.25, 0.3) is 11.3 Å². The highest BCUT2D eigenvalue weighted by Crippen LogP contribution is 2.58. The summed E-state index contributed by atoms with van der Waals surface area (Å²) in [6.07, 6.45) is 8.99. The third kappa shape index (κ3) is 5.52. The number of nitrogens with one attached hydrogen (secondary N) is 1. The first kappa shape index (κ1) is 28.2. The first-order valence-electron chi connectivity index (χ1n) is 15.0. The largest absolute Gasteiger partial charge is 0.493 e. The number of hydrogen-bond donors (Lipinski definition) is 3. The summed E-state index contributed by atoms with van der Waals surface area (Å²) in [5.41, 5.74) is 6.06. The van der Waals surface area contributed by atoms with Gasteiger partial charge in [-0.05, 0) is 88.0 Å². The van der Waals surface area contributed by atoms with E-state index in [-0.39, 0.29) is 17.4 Å². The molecule has 1 aromatic carbocycles. The SMILES string of the molecule is Cc1c(C(O)NCC(C)(C)C(=O)O)cc(-c2cc(C(C)(C)C)c3c(c2)C2(CCO3)CC2)n1CC1CCCCC1. The third-order valence-electron chi connectivity index (χ3n) is 9.63. The Labute approximate surface area is 234 Å². The van der Waals surface area contributed by atoms with Gasteiger partial charge in [-0.25, -0.2) is 0 Å². The molecular weight excluding hydrogens is 488 g/mol. The number of benzene rings is 1. The Kier molecular flexibility index (Phi) is 7.43. The van der Waals surface area contributed by atoms with Crippen molar-refractivity contribution < 1.29 is 19.7 Å². The van der Waals surface area contributed by atoms with Crippen molar-refractivity contribution >= 4 is 5.97 Å². The molecule has 39 heavy (non-hydrogen) atoms. The zero-order valence-corrected chi connectivity index (χ0v) is 24.8. The predicted octanol–water partition coefficient (Wildman–Crippen LogP) is 6.85. The van der Waals surface area contributed by atoms with Crippen LogP contribution in [-0.2, 0) is 22.2 Å². The summed E-state index contributed by atoms with van der Waals surface area (Å²) in [6.45, 7) is 14.2. The minimum Gasteiger partial charge on any atom is -0.493 e. The van der Waals surface area contributed by atoms with Crippen LogP contribution < -0.4 is 10.1 Å². The number of aliphatic carboxylic acids is 1. The molecule has 2 heterocycles. The summed E-state index contributed by atoms with van der Waals surface area (Å²) in [7, 11) is 0. The number of aromatic nitrogens is 1. The molecule has 0 bridgehead atoms. The Balaban J connectivity index is 1.59. The van der Waals surface area contributed by atoms with Crippen molar-refractivity contribution in [2.45, 2.75) is 117 Å². The molecule has 3 aliphatic rings. The van der Waals surface area contributed by atoms with Gasteiger partial charge in [0.2, 0.25) is 0 Å². The highest BCUT2D eigenvalue weighted by atomic mass is 16.5. The average molecular weight is 537 g/mol. The number of carboxylic acids is 1. The maximum absolute atomic E-state index is 11.7. The van der Waals surface area contributed by atoms with E-state index in [4.69, 9.17) is 4.74 Å². The van der Waals surface area contributed by atoms with E-state index >= 15 is 0 Å². The van der Waals surface area contributed by atoms with E-state index in [1.165, 1.54) is 61.6 Å². The van der Waals surface area contributed by atoms with Crippen LogP contribution >= 0.6 is 0 Å². The Bertz CT molecular complexity index is 1210. The van der Waals surface area contributed by atoms with Crippen molar-refractivity contribution in [3.05, 3.63) is 40.6 Å². The highest BCUT2D eigenvalue weighted by Gasteiger charge is 2.49. The molecule has 2 aliphatic carbocycles. The molecule has 1 unspecified atom stereocenters. The van der Waals surface area contributed by atoms with Crippen LogP contribution in [0, 0.1) is 18.3 Å². The molecule has 2 aromatic rings. The Morgan fingerprint density at radius 3 is 2.41 bits per heavy atom. The quantitative estimate of drug-likeness (QED) is 0.322. The van der Waals surface area contributed by atoms with Crippen molar-refractivity contribution in [2.75, 3.05) is 13.2 Å². The second-order valence-electron chi connectivity index (χ2n) is 14.2. The van der Waals surface area contributed by atoms with E-state index in [0.717, 1.165) is 42.3 Å². The molecule has 0 radical (unpaired) electrons. The van der Waals surface area contributed by atoms with Crippen LogP contribution in [0.3, 0.4) is 0 Å². The van der Waals surface area contributed by atoms with Gasteiger partial charge in [0.05, 0.1) is 12.0 Å². The van der Waals surface area contributed by atoms with Crippen LogP contribution in [-0.4, -0.2) is 33.9 Å². The Morgan fingerprint density at radius 1 is 1.10 bits per heavy atom. The second-order valence-corrected chi connectivity index (χ2v) is 14.2. The zero-order valence-electron chi connectivity index (χ0n) is 24.8.